The number of alkyl halides is 3. The normalized spacial score (nSPS) is 36.4. The fourth-order valence-corrected chi connectivity index (χ4v) is 8.77. The summed E-state index contributed by atoms with van der Waals surface area (Å²) in [5.41, 5.74) is -1.43. The molecule has 2 bridgehead atoms. The number of allylic oxidation sites excluding steroid dienone is 1. The number of benzene rings is 1. The molecule has 3 aliphatic carbocycles. The van der Waals surface area contributed by atoms with Crippen LogP contribution >= 0.6 is 0 Å². The summed E-state index contributed by atoms with van der Waals surface area (Å²) in [6.07, 6.45) is 4.07. The Morgan fingerprint density at radius 2 is 1.98 bits per heavy atom. The molecule has 6 rings (SSSR count). The lowest BCUT2D eigenvalue weighted by molar-refractivity contribution is -0.940. The van der Waals surface area contributed by atoms with E-state index in [1.54, 1.807) is 12.1 Å². The van der Waals surface area contributed by atoms with Gasteiger partial charge in [0, 0.05) is 43.8 Å². The van der Waals surface area contributed by atoms with Gasteiger partial charge in [-0.25, -0.2) is 0 Å². The van der Waals surface area contributed by atoms with Gasteiger partial charge in [0.15, 0.2) is 17.1 Å². The first-order valence-electron chi connectivity index (χ1n) is 14.9. The number of likely N-dealkylation sites (N-methyl/N-ethyl adjacent to an activating group) is 1. The molecule has 2 aliphatic heterocycles. The number of carbonyl (C=O) groups excluding carboxylic acids is 2. The summed E-state index contributed by atoms with van der Waals surface area (Å²) in [4.78, 5) is 25.7. The smallest absolute Gasteiger partial charge is 0.425 e. The Hall–Kier alpha value is -3.21. The molecule has 2 heterocycles. The van der Waals surface area contributed by atoms with Gasteiger partial charge in [0.05, 0.1) is 32.3 Å². The average molecular weight is 600 g/mol. The number of nitrogens with zero attached hydrogens (tertiary/aromatic N) is 1. The highest BCUT2D eigenvalue weighted by molar-refractivity contribution is 6.03. The maximum absolute atomic E-state index is 14.7. The number of carbonyl (C=O) groups is 2. The molecule has 230 valence electrons. The molecule has 43 heavy (non-hydrogen) atoms. The van der Waals surface area contributed by atoms with Gasteiger partial charge >= 0.3 is 12.1 Å². The number of amides is 1. The summed E-state index contributed by atoms with van der Waals surface area (Å²) in [6, 6.07) is 7.70. The molecule has 5 aliphatic rings. The summed E-state index contributed by atoms with van der Waals surface area (Å²) in [5, 5.41) is 2.57. The third kappa shape index (κ3) is 4.52. The minimum Gasteiger partial charge on any atom is -0.425 e. The molecular weight excluding hydrogens is 561 g/mol. The third-order valence-corrected chi connectivity index (χ3v) is 10.5. The van der Waals surface area contributed by atoms with Crippen molar-refractivity contribution in [1.29, 1.82) is 0 Å². The number of nitrogens with one attached hydrogen (secondary N) is 1. The first-order valence-corrected chi connectivity index (χ1v) is 14.9. The Morgan fingerprint density at radius 1 is 1.23 bits per heavy atom. The van der Waals surface area contributed by atoms with Crippen molar-refractivity contribution in [3.8, 4) is 0 Å². The van der Waals surface area contributed by atoms with Gasteiger partial charge in [0.1, 0.15) is 6.10 Å². The summed E-state index contributed by atoms with van der Waals surface area (Å²) < 4.78 is 62.6. The summed E-state index contributed by atoms with van der Waals surface area (Å²) in [7, 11) is 3.66. The third-order valence-electron chi connectivity index (χ3n) is 10.5. The standard InChI is InChI=1S/C33H37F3N2O5/c1-5-17-38(3)18-16-31-23-12-9-13-25(31)43-29-26(31)22(19-24(23)38)14-15-32(29,41-4)37-30(40)27(33(34,35)36)28(42-20(2)39)21-10-7-6-8-11-21/h5-8,10-11,14-15,23-25,29H,1,9,12-13,16-19H2,2-4H3/p+1/t23-,24+,25-,29?,31+,32?,38?/m0/s1. The predicted octanol–water partition coefficient (Wildman–Crippen LogP) is 5.21. The van der Waals surface area contributed by atoms with Crippen LogP contribution in [0.4, 0.5) is 13.2 Å². The van der Waals surface area contributed by atoms with Gasteiger partial charge < -0.3 is 24.0 Å². The Morgan fingerprint density at radius 3 is 2.63 bits per heavy atom. The molecule has 1 saturated carbocycles. The van der Waals surface area contributed by atoms with Crippen LogP contribution < -0.4 is 5.32 Å². The van der Waals surface area contributed by atoms with Crippen molar-refractivity contribution < 1.29 is 41.5 Å². The molecule has 0 radical (unpaired) electrons. The summed E-state index contributed by atoms with van der Waals surface area (Å²) >= 11 is 0. The van der Waals surface area contributed by atoms with E-state index < -0.39 is 41.2 Å². The van der Waals surface area contributed by atoms with Crippen LogP contribution in [0.2, 0.25) is 0 Å². The van der Waals surface area contributed by atoms with Crippen LogP contribution in [0.3, 0.4) is 0 Å². The molecular formula is C33H38F3N2O5+. The zero-order chi connectivity index (χ0) is 30.8. The quantitative estimate of drug-likeness (QED) is 0.116. The van der Waals surface area contributed by atoms with Crippen LogP contribution in [0.5, 0.6) is 0 Å². The monoisotopic (exact) mass is 599 g/mol. The molecule has 7 nitrogen and oxygen atoms in total. The second-order valence-corrected chi connectivity index (χ2v) is 12.7. The van der Waals surface area contributed by atoms with Gasteiger partial charge in [-0.1, -0.05) is 49.4 Å². The van der Waals surface area contributed by atoms with E-state index in [1.807, 2.05) is 12.2 Å². The fraction of sp³-hybridized carbons (Fsp3) is 0.515. The molecule has 10 heteroatoms. The molecule has 2 saturated heterocycles. The van der Waals surface area contributed by atoms with E-state index in [0.29, 0.717) is 12.0 Å². The van der Waals surface area contributed by atoms with Crippen LogP contribution in [-0.4, -0.2) is 73.8 Å². The van der Waals surface area contributed by atoms with Crippen molar-refractivity contribution >= 4 is 17.6 Å². The van der Waals surface area contributed by atoms with E-state index in [2.05, 4.69) is 18.9 Å². The Bertz CT molecular complexity index is 1440. The number of esters is 1. The van der Waals surface area contributed by atoms with Crippen LogP contribution in [0.25, 0.3) is 5.76 Å². The number of rotatable bonds is 7. The highest BCUT2D eigenvalue weighted by atomic mass is 19.4. The number of methoxy groups -OCH3 is 1. The van der Waals surface area contributed by atoms with Crippen molar-refractivity contribution in [1.82, 2.24) is 5.32 Å². The molecule has 7 atom stereocenters. The Balaban J connectivity index is 1.43. The molecule has 1 spiro atoms. The molecule has 3 fully saturated rings. The van der Waals surface area contributed by atoms with Crippen LogP contribution in [-0.2, 0) is 23.8 Å². The predicted molar refractivity (Wildman–Crippen MR) is 153 cm³/mol. The maximum atomic E-state index is 14.7. The summed E-state index contributed by atoms with van der Waals surface area (Å²) in [5.74, 6) is -2.96. The number of hydrogen-bond donors (Lipinski definition) is 1. The summed E-state index contributed by atoms with van der Waals surface area (Å²) in [6.45, 7) is 6.82. The fourth-order valence-electron chi connectivity index (χ4n) is 8.77. The molecule has 1 aromatic carbocycles. The minimum atomic E-state index is -5.15. The topological polar surface area (TPSA) is 73.9 Å². The maximum Gasteiger partial charge on any atom is 0.425 e. The van der Waals surface area contributed by atoms with Crippen LogP contribution in [0, 0.1) is 11.3 Å². The molecule has 1 aromatic rings. The van der Waals surface area contributed by atoms with Gasteiger partial charge in [-0.2, -0.15) is 13.2 Å². The second kappa shape index (κ2) is 10.5. The SMILES string of the molecule is C=CC[N+]1(C)CC[C@]23C4=C5C=CC(NC(=O)C(=C(OC(C)=O)c6ccccc6)C(F)(F)F)(OC)C4O[C@H]2CCC[C@H]3[C@H]1C5. The largest absolute Gasteiger partial charge is 0.425 e. The van der Waals surface area contributed by atoms with Crippen LogP contribution in [0.1, 0.15) is 44.6 Å². The van der Waals surface area contributed by atoms with E-state index in [0.717, 1.165) is 67.7 Å². The van der Waals surface area contributed by atoms with E-state index in [-0.39, 0.29) is 17.1 Å². The number of piperidine rings is 1. The van der Waals surface area contributed by atoms with E-state index >= 15 is 0 Å². The first kappa shape index (κ1) is 29.8. The number of halogens is 3. The zero-order valence-corrected chi connectivity index (χ0v) is 24.7. The Kier molecular flexibility index (Phi) is 7.26. The molecule has 1 N–H and O–H groups in total. The lowest BCUT2D eigenvalue weighted by Crippen LogP contribution is -2.69. The average Bonchev–Trinajstić information content (AvgIpc) is 3.31. The minimum absolute atomic E-state index is 0.0538. The number of ether oxygens (including phenoxy) is 3. The van der Waals surface area contributed by atoms with Crippen molar-refractivity contribution in [2.24, 2.45) is 11.3 Å². The lowest BCUT2D eigenvalue weighted by Gasteiger charge is -2.61. The van der Waals surface area contributed by atoms with E-state index in [1.165, 1.54) is 31.4 Å². The van der Waals surface area contributed by atoms with Crippen molar-refractivity contribution in [2.75, 3.05) is 27.2 Å². The number of likely N-dealkylation sites (tertiary alicyclic amines) is 1. The number of hydrogen-bond acceptors (Lipinski definition) is 5. The molecule has 3 unspecified atom stereocenters. The van der Waals surface area contributed by atoms with Gasteiger partial charge in [0.25, 0.3) is 5.91 Å². The Labute approximate surface area is 249 Å². The zero-order valence-electron chi connectivity index (χ0n) is 24.7. The van der Waals surface area contributed by atoms with Crippen molar-refractivity contribution in [3.05, 3.63) is 77.4 Å². The lowest BCUT2D eigenvalue weighted by atomic mass is 9.50. The van der Waals surface area contributed by atoms with Gasteiger partial charge in [0.2, 0.25) is 0 Å². The first-order chi connectivity index (χ1) is 20.4. The van der Waals surface area contributed by atoms with Gasteiger partial charge in [-0.15, -0.1) is 0 Å². The van der Waals surface area contributed by atoms with E-state index in [9.17, 15) is 22.8 Å². The van der Waals surface area contributed by atoms with Crippen molar-refractivity contribution in [3.63, 3.8) is 0 Å². The van der Waals surface area contributed by atoms with Gasteiger partial charge in [-0.05, 0) is 36.1 Å². The van der Waals surface area contributed by atoms with Gasteiger partial charge in [-0.3, -0.25) is 9.59 Å². The van der Waals surface area contributed by atoms with Crippen molar-refractivity contribution in [2.45, 2.75) is 69.2 Å². The molecule has 0 aromatic heterocycles. The van der Waals surface area contributed by atoms with Crippen LogP contribution in [0.15, 0.2) is 71.9 Å². The highest BCUT2D eigenvalue weighted by Gasteiger charge is 2.71. The molecule has 1 amide bonds. The highest BCUT2D eigenvalue weighted by Crippen LogP contribution is 2.67. The second-order valence-electron chi connectivity index (χ2n) is 12.7. The number of quaternary nitrogens is 1. The van der Waals surface area contributed by atoms with E-state index in [4.69, 9.17) is 14.2 Å².